The van der Waals surface area contributed by atoms with E-state index in [0.29, 0.717) is 5.92 Å². The van der Waals surface area contributed by atoms with Gasteiger partial charge in [0.05, 0.1) is 17.2 Å². The number of para-hydroxylation sites is 2. The van der Waals surface area contributed by atoms with Crippen molar-refractivity contribution in [3.8, 4) is 0 Å². The molecule has 96 valence electrons. The number of rotatable bonds is 6. The molecule has 1 N–H and O–H groups in total. The first-order valence-corrected chi connectivity index (χ1v) is 6.84. The number of anilines is 1. The van der Waals surface area contributed by atoms with Crippen LogP contribution in [0.15, 0.2) is 30.5 Å². The molecule has 0 aliphatic carbocycles. The molecule has 4 heteroatoms. The van der Waals surface area contributed by atoms with Gasteiger partial charge in [-0.2, -0.15) is 0 Å². The van der Waals surface area contributed by atoms with Crippen molar-refractivity contribution in [2.75, 3.05) is 17.7 Å². The van der Waals surface area contributed by atoms with Gasteiger partial charge in [0.2, 0.25) is 0 Å². The van der Waals surface area contributed by atoms with E-state index in [4.69, 9.17) is 11.6 Å². The van der Waals surface area contributed by atoms with Crippen LogP contribution < -0.4 is 5.32 Å². The first-order chi connectivity index (χ1) is 8.79. The zero-order chi connectivity index (χ0) is 12.8. The average molecular weight is 264 g/mol. The summed E-state index contributed by atoms with van der Waals surface area (Å²) < 4.78 is 0. The normalized spacial score (nSPS) is 12.6. The van der Waals surface area contributed by atoms with Crippen LogP contribution in [0.4, 0.5) is 5.82 Å². The Morgan fingerprint density at radius 1 is 1.28 bits per heavy atom. The molecule has 18 heavy (non-hydrogen) atoms. The summed E-state index contributed by atoms with van der Waals surface area (Å²) in [5, 5.41) is 3.30. The lowest BCUT2D eigenvalue weighted by Gasteiger charge is -2.08. The van der Waals surface area contributed by atoms with Crippen molar-refractivity contribution < 1.29 is 0 Å². The van der Waals surface area contributed by atoms with Gasteiger partial charge >= 0.3 is 0 Å². The third kappa shape index (κ3) is 3.57. The number of nitrogens with one attached hydrogen (secondary N) is 1. The molecule has 3 nitrogen and oxygen atoms in total. The van der Waals surface area contributed by atoms with Gasteiger partial charge in [0.25, 0.3) is 0 Å². The smallest absolute Gasteiger partial charge is 0.145 e. The van der Waals surface area contributed by atoms with E-state index < -0.39 is 0 Å². The molecule has 1 unspecified atom stereocenters. The zero-order valence-electron chi connectivity index (χ0n) is 10.6. The second kappa shape index (κ2) is 6.55. The number of hydrogen-bond donors (Lipinski definition) is 1. The van der Waals surface area contributed by atoms with Gasteiger partial charge in [-0.3, -0.25) is 4.98 Å². The molecule has 0 aliphatic heterocycles. The highest BCUT2D eigenvalue weighted by Gasteiger charge is 2.01. The fourth-order valence-electron chi connectivity index (χ4n) is 1.79. The van der Waals surface area contributed by atoms with Crippen LogP contribution >= 0.6 is 11.6 Å². The van der Waals surface area contributed by atoms with Gasteiger partial charge in [-0.15, -0.1) is 11.6 Å². The Hall–Kier alpha value is -1.35. The first-order valence-electron chi connectivity index (χ1n) is 6.31. The summed E-state index contributed by atoms with van der Waals surface area (Å²) in [6, 6.07) is 7.89. The van der Waals surface area contributed by atoms with Crippen LogP contribution in [0, 0.1) is 5.92 Å². The van der Waals surface area contributed by atoms with Crippen LogP contribution in [0.5, 0.6) is 0 Å². The molecule has 0 aliphatic rings. The van der Waals surface area contributed by atoms with E-state index >= 15 is 0 Å². The third-order valence-corrected chi connectivity index (χ3v) is 3.42. The molecule has 0 amide bonds. The van der Waals surface area contributed by atoms with Crippen molar-refractivity contribution >= 4 is 28.5 Å². The summed E-state index contributed by atoms with van der Waals surface area (Å²) in [6.45, 7) is 3.08. The Labute approximate surface area is 113 Å². The Morgan fingerprint density at radius 2 is 2.06 bits per heavy atom. The van der Waals surface area contributed by atoms with E-state index in [9.17, 15) is 0 Å². The van der Waals surface area contributed by atoms with Crippen LogP contribution in [0.25, 0.3) is 11.0 Å². The van der Waals surface area contributed by atoms with Crippen LogP contribution in [0.3, 0.4) is 0 Å². The molecule has 1 heterocycles. The highest BCUT2D eigenvalue weighted by molar-refractivity contribution is 6.18. The number of halogens is 1. The van der Waals surface area contributed by atoms with E-state index in [0.717, 1.165) is 42.1 Å². The number of fused-ring (bicyclic) bond motifs is 1. The van der Waals surface area contributed by atoms with Gasteiger partial charge in [-0.25, -0.2) is 4.98 Å². The van der Waals surface area contributed by atoms with Gasteiger partial charge in [-0.1, -0.05) is 19.1 Å². The molecular weight excluding hydrogens is 246 g/mol. The minimum atomic E-state index is 0.580. The van der Waals surface area contributed by atoms with E-state index in [1.165, 1.54) is 0 Å². The largest absolute Gasteiger partial charge is 0.369 e. The highest BCUT2D eigenvalue weighted by atomic mass is 35.5. The molecule has 0 bridgehead atoms. The van der Waals surface area contributed by atoms with Gasteiger partial charge in [0, 0.05) is 12.4 Å². The quantitative estimate of drug-likeness (QED) is 0.638. The molecule has 0 spiro atoms. The lowest BCUT2D eigenvalue weighted by Crippen LogP contribution is -2.06. The Balaban J connectivity index is 1.88. The fraction of sp³-hybridized carbons (Fsp3) is 0.429. The molecule has 0 radical (unpaired) electrons. The van der Waals surface area contributed by atoms with Crippen LogP contribution in [0.2, 0.25) is 0 Å². The predicted octanol–water partition coefficient (Wildman–Crippen LogP) is 3.70. The number of hydrogen-bond acceptors (Lipinski definition) is 3. The molecule has 2 aromatic rings. The topological polar surface area (TPSA) is 37.8 Å². The monoisotopic (exact) mass is 263 g/mol. The minimum absolute atomic E-state index is 0.580. The van der Waals surface area contributed by atoms with Gasteiger partial charge < -0.3 is 5.32 Å². The highest BCUT2D eigenvalue weighted by Crippen LogP contribution is 2.12. The predicted molar refractivity (Wildman–Crippen MR) is 77.1 cm³/mol. The maximum atomic E-state index is 5.77. The van der Waals surface area contributed by atoms with E-state index in [1.54, 1.807) is 6.20 Å². The van der Waals surface area contributed by atoms with Crippen molar-refractivity contribution in [2.24, 2.45) is 5.92 Å². The molecule has 0 fully saturated rings. The second-order valence-corrected chi connectivity index (χ2v) is 4.88. The number of aromatic nitrogens is 2. The van der Waals surface area contributed by atoms with Crippen molar-refractivity contribution in [3.63, 3.8) is 0 Å². The number of nitrogens with zero attached hydrogens (tertiary/aromatic N) is 2. The summed E-state index contributed by atoms with van der Waals surface area (Å²) in [4.78, 5) is 8.88. The second-order valence-electron chi connectivity index (χ2n) is 4.57. The third-order valence-electron chi connectivity index (χ3n) is 2.89. The standard InChI is InChI=1S/C14H18ClN3/c1-11(9-15)5-4-8-16-14-10-17-12-6-2-3-7-13(12)18-14/h2-3,6-7,10-11H,4-5,8-9H2,1H3,(H,16,18). The fourth-order valence-corrected chi connectivity index (χ4v) is 1.94. The molecule has 2 rings (SSSR count). The van der Waals surface area contributed by atoms with Crippen LogP contribution in [-0.2, 0) is 0 Å². The van der Waals surface area contributed by atoms with E-state index in [2.05, 4.69) is 22.2 Å². The number of benzene rings is 1. The van der Waals surface area contributed by atoms with Crippen molar-refractivity contribution in [1.29, 1.82) is 0 Å². The van der Waals surface area contributed by atoms with E-state index in [1.807, 2.05) is 24.3 Å². The minimum Gasteiger partial charge on any atom is -0.369 e. The van der Waals surface area contributed by atoms with E-state index in [-0.39, 0.29) is 0 Å². The number of alkyl halides is 1. The summed E-state index contributed by atoms with van der Waals surface area (Å²) in [5.74, 6) is 2.15. The SMILES string of the molecule is CC(CCl)CCCNc1cnc2ccccc2n1. The Kier molecular flexibility index (Phi) is 4.76. The molecule has 1 aromatic heterocycles. The van der Waals surface area contributed by atoms with Crippen LogP contribution in [-0.4, -0.2) is 22.4 Å². The van der Waals surface area contributed by atoms with Crippen molar-refractivity contribution in [2.45, 2.75) is 19.8 Å². The van der Waals surface area contributed by atoms with Gasteiger partial charge in [0.15, 0.2) is 0 Å². The molecule has 0 saturated carbocycles. The average Bonchev–Trinajstić information content (AvgIpc) is 2.43. The lowest BCUT2D eigenvalue weighted by molar-refractivity contribution is 0.572. The molecular formula is C14H18ClN3. The van der Waals surface area contributed by atoms with Gasteiger partial charge in [-0.05, 0) is 30.9 Å². The van der Waals surface area contributed by atoms with Crippen molar-refractivity contribution in [3.05, 3.63) is 30.5 Å². The summed E-state index contributed by atoms with van der Waals surface area (Å²) in [7, 11) is 0. The first kappa shape index (κ1) is 13.1. The maximum absolute atomic E-state index is 5.77. The Morgan fingerprint density at radius 3 is 2.83 bits per heavy atom. The lowest BCUT2D eigenvalue weighted by atomic mass is 10.1. The summed E-state index contributed by atoms with van der Waals surface area (Å²) in [5.41, 5.74) is 1.86. The maximum Gasteiger partial charge on any atom is 0.145 e. The van der Waals surface area contributed by atoms with Gasteiger partial charge in [0.1, 0.15) is 5.82 Å². The summed E-state index contributed by atoms with van der Waals surface area (Å²) in [6.07, 6.45) is 4.02. The molecule has 1 atom stereocenters. The van der Waals surface area contributed by atoms with Crippen LogP contribution in [0.1, 0.15) is 19.8 Å². The molecule has 1 aromatic carbocycles. The summed E-state index contributed by atoms with van der Waals surface area (Å²) >= 11 is 5.77. The molecule has 0 saturated heterocycles. The van der Waals surface area contributed by atoms with Crippen molar-refractivity contribution in [1.82, 2.24) is 9.97 Å². The Bertz CT molecular complexity index is 501. The zero-order valence-corrected chi connectivity index (χ0v) is 11.3.